The van der Waals surface area contributed by atoms with Gasteiger partial charge in [-0.15, -0.1) is 0 Å². The number of carbonyl (C=O) groups is 2. The summed E-state index contributed by atoms with van der Waals surface area (Å²) < 4.78 is 4.87. The Kier molecular flexibility index (Phi) is 4.11. The van der Waals surface area contributed by atoms with Gasteiger partial charge < -0.3 is 14.9 Å². The number of carbonyl (C=O) groups excluding carboxylic acids is 1. The predicted molar refractivity (Wildman–Crippen MR) is 71.3 cm³/mol. The minimum atomic E-state index is -0.851. The molecule has 1 amide bonds. The van der Waals surface area contributed by atoms with Crippen LogP contribution < -0.4 is 5.32 Å². The highest BCUT2D eigenvalue weighted by Crippen LogP contribution is 2.38. The zero-order valence-corrected chi connectivity index (χ0v) is 11.8. The van der Waals surface area contributed by atoms with Crippen LogP contribution in [-0.2, 0) is 4.79 Å². The number of rotatable bonds is 4. The Hall–Kier alpha value is -1.85. The fraction of sp³-hybridized carbons (Fsp3) is 0.643. The lowest BCUT2D eigenvalue weighted by Gasteiger charge is -2.35. The van der Waals surface area contributed by atoms with Crippen molar-refractivity contribution >= 4 is 11.9 Å². The predicted octanol–water partition coefficient (Wildman–Crippen LogP) is 1.99. The molecule has 110 valence electrons. The van der Waals surface area contributed by atoms with Crippen LogP contribution in [0.1, 0.15) is 48.7 Å². The van der Waals surface area contributed by atoms with Gasteiger partial charge in [-0.05, 0) is 38.5 Å². The summed E-state index contributed by atoms with van der Waals surface area (Å²) in [6.07, 6.45) is 4.41. The molecule has 1 aliphatic rings. The molecule has 0 spiro atoms. The van der Waals surface area contributed by atoms with Crippen LogP contribution in [0.3, 0.4) is 0 Å². The molecule has 0 bridgehead atoms. The topological polar surface area (TPSA) is 92.4 Å². The van der Waals surface area contributed by atoms with Crippen molar-refractivity contribution in [3.8, 4) is 0 Å². The fourth-order valence-electron chi connectivity index (χ4n) is 2.62. The molecule has 6 nitrogen and oxygen atoms in total. The molecule has 1 aromatic rings. The third kappa shape index (κ3) is 2.84. The second-order valence-corrected chi connectivity index (χ2v) is 5.79. The monoisotopic (exact) mass is 280 g/mol. The Morgan fingerprint density at radius 2 is 2.15 bits per heavy atom. The number of nitrogens with zero attached hydrogens (tertiary/aromatic N) is 1. The van der Waals surface area contributed by atoms with Crippen molar-refractivity contribution in [3.63, 3.8) is 0 Å². The maximum absolute atomic E-state index is 12.0. The van der Waals surface area contributed by atoms with Gasteiger partial charge in [0, 0.05) is 12.1 Å². The molecule has 1 aromatic heterocycles. The minimum absolute atomic E-state index is 0.133. The number of hydrogen-bond donors (Lipinski definition) is 2. The van der Waals surface area contributed by atoms with Crippen molar-refractivity contribution < 1.29 is 19.2 Å². The van der Waals surface area contributed by atoms with Gasteiger partial charge in [0.1, 0.15) is 0 Å². The number of aliphatic carboxylic acids is 1. The van der Waals surface area contributed by atoms with Gasteiger partial charge in [0.2, 0.25) is 5.76 Å². The van der Waals surface area contributed by atoms with Crippen LogP contribution in [0, 0.1) is 18.3 Å². The standard InChI is InChI=1S/C14H20N2O4/c1-9-3-5-14(6-4-9,13(18)19)8-15-12(17)11-10(2)7-16-20-11/h7,9H,3-6,8H2,1-2H3,(H,15,17)(H,18,19). The summed E-state index contributed by atoms with van der Waals surface area (Å²) in [7, 11) is 0. The lowest BCUT2D eigenvalue weighted by molar-refractivity contribution is -0.151. The number of nitrogens with one attached hydrogen (secondary N) is 1. The molecule has 0 radical (unpaired) electrons. The van der Waals surface area contributed by atoms with E-state index in [0.717, 1.165) is 12.8 Å². The first kappa shape index (κ1) is 14.6. The molecule has 1 saturated carbocycles. The van der Waals surface area contributed by atoms with Crippen LogP contribution in [0.5, 0.6) is 0 Å². The lowest BCUT2D eigenvalue weighted by Crippen LogP contribution is -2.45. The molecule has 0 aliphatic heterocycles. The molecule has 0 unspecified atom stereocenters. The van der Waals surface area contributed by atoms with E-state index in [2.05, 4.69) is 17.4 Å². The molecule has 6 heteroatoms. The zero-order chi connectivity index (χ0) is 14.8. The lowest BCUT2D eigenvalue weighted by atomic mass is 9.71. The molecule has 1 heterocycles. The van der Waals surface area contributed by atoms with Crippen molar-refractivity contribution in [1.29, 1.82) is 0 Å². The average molecular weight is 280 g/mol. The van der Waals surface area contributed by atoms with E-state index in [0.29, 0.717) is 24.3 Å². The van der Waals surface area contributed by atoms with Gasteiger partial charge in [0.25, 0.3) is 5.91 Å². The van der Waals surface area contributed by atoms with Gasteiger partial charge in [-0.1, -0.05) is 12.1 Å². The Balaban J connectivity index is 2.02. The highest BCUT2D eigenvalue weighted by atomic mass is 16.5. The van der Waals surface area contributed by atoms with Gasteiger partial charge in [-0.2, -0.15) is 0 Å². The van der Waals surface area contributed by atoms with E-state index in [1.54, 1.807) is 6.92 Å². The highest BCUT2D eigenvalue weighted by molar-refractivity contribution is 5.93. The summed E-state index contributed by atoms with van der Waals surface area (Å²) in [6, 6.07) is 0. The smallest absolute Gasteiger partial charge is 0.311 e. The molecule has 1 fully saturated rings. The summed E-state index contributed by atoms with van der Waals surface area (Å²) in [5.74, 6) is -0.539. The van der Waals surface area contributed by atoms with Gasteiger partial charge >= 0.3 is 5.97 Å². The van der Waals surface area contributed by atoms with Gasteiger partial charge in [0.05, 0.1) is 11.6 Å². The van der Waals surface area contributed by atoms with Crippen LogP contribution in [0.25, 0.3) is 0 Å². The van der Waals surface area contributed by atoms with E-state index in [9.17, 15) is 14.7 Å². The molecule has 2 N–H and O–H groups in total. The Bertz CT molecular complexity index is 501. The van der Waals surface area contributed by atoms with Crippen molar-refractivity contribution in [1.82, 2.24) is 10.5 Å². The Labute approximate surface area is 117 Å². The van der Waals surface area contributed by atoms with E-state index in [-0.39, 0.29) is 12.3 Å². The Morgan fingerprint density at radius 3 is 2.65 bits per heavy atom. The summed E-state index contributed by atoms with van der Waals surface area (Å²) in [6.45, 7) is 3.98. The van der Waals surface area contributed by atoms with E-state index < -0.39 is 17.3 Å². The average Bonchev–Trinajstić information content (AvgIpc) is 2.84. The van der Waals surface area contributed by atoms with Crippen molar-refractivity contribution in [2.75, 3.05) is 6.54 Å². The van der Waals surface area contributed by atoms with Gasteiger partial charge in [-0.3, -0.25) is 9.59 Å². The molecular formula is C14H20N2O4. The van der Waals surface area contributed by atoms with Crippen LogP contribution in [0.2, 0.25) is 0 Å². The normalized spacial score (nSPS) is 26.2. The summed E-state index contributed by atoms with van der Waals surface area (Å²) >= 11 is 0. The van der Waals surface area contributed by atoms with Crippen LogP contribution in [0.4, 0.5) is 0 Å². The van der Waals surface area contributed by atoms with Crippen molar-refractivity contribution in [2.45, 2.75) is 39.5 Å². The SMILES string of the molecule is Cc1cnoc1C(=O)NCC1(C(=O)O)CCC(C)CC1. The first-order valence-corrected chi connectivity index (χ1v) is 6.87. The van der Waals surface area contributed by atoms with E-state index in [1.165, 1.54) is 6.20 Å². The molecule has 2 rings (SSSR count). The second kappa shape index (κ2) is 5.64. The molecular weight excluding hydrogens is 260 g/mol. The number of carboxylic acids is 1. The quantitative estimate of drug-likeness (QED) is 0.880. The maximum atomic E-state index is 12.0. The zero-order valence-electron chi connectivity index (χ0n) is 11.8. The van der Waals surface area contributed by atoms with Gasteiger partial charge in [0.15, 0.2) is 0 Å². The largest absolute Gasteiger partial charge is 0.481 e. The number of aromatic nitrogens is 1. The van der Waals surface area contributed by atoms with Gasteiger partial charge in [-0.25, -0.2) is 0 Å². The minimum Gasteiger partial charge on any atom is -0.481 e. The molecule has 0 atom stereocenters. The second-order valence-electron chi connectivity index (χ2n) is 5.79. The summed E-state index contributed by atoms with van der Waals surface area (Å²) in [5, 5.41) is 15.7. The first-order chi connectivity index (χ1) is 9.44. The third-order valence-corrected chi connectivity index (χ3v) is 4.23. The van der Waals surface area contributed by atoms with E-state index >= 15 is 0 Å². The summed E-state index contributed by atoms with van der Waals surface area (Å²) in [4.78, 5) is 23.5. The summed E-state index contributed by atoms with van der Waals surface area (Å²) in [5.41, 5.74) is -0.208. The van der Waals surface area contributed by atoms with E-state index in [1.807, 2.05) is 0 Å². The number of amides is 1. The van der Waals surface area contributed by atoms with Crippen LogP contribution >= 0.6 is 0 Å². The molecule has 20 heavy (non-hydrogen) atoms. The van der Waals surface area contributed by atoms with Crippen LogP contribution in [0.15, 0.2) is 10.7 Å². The number of carboxylic acid groups (broad SMARTS) is 1. The maximum Gasteiger partial charge on any atom is 0.311 e. The highest BCUT2D eigenvalue weighted by Gasteiger charge is 2.41. The first-order valence-electron chi connectivity index (χ1n) is 6.87. The van der Waals surface area contributed by atoms with Crippen molar-refractivity contribution in [3.05, 3.63) is 17.5 Å². The van der Waals surface area contributed by atoms with Crippen molar-refractivity contribution in [2.24, 2.45) is 11.3 Å². The van der Waals surface area contributed by atoms with Crippen LogP contribution in [-0.4, -0.2) is 28.7 Å². The Morgan fingerprint density at radius 1 is 1.50 bits per heavy atom. The number of aryl methyl sites for hydroxylation is 1. The molecule has 0 saturated heterocycles. The van der Waals surface area contributed by atoms with E-state index in [4.69, 9.17) is 4.52 Å². The third-order valence-electron chi connectivity index (χ3n) is 4.23. The molecule has 1 aliphatic carbocycles. The fourth-order valence-corrected chi connectivity index (χ4v) is 2.62. The number of hydrogen-bond acceptors (Lipinski definition) is 4. The molecule has 0 aromatic carbocycles.